The fourth-order valence-corrected chi connectivity index (χ4v) is 0.721. The molecule has 0 saturated heterocycles. The van der Waals surface area contributed by atoms with E-state index in [9.17, 15) is 9.59 Å². The highest BCUT2D eigenvalue weighted by molar-refractivity contribution is 6.27. The molecule has 1 amide bonds. The van der Waals surface area contributed by atoms with Crippen LogP contribution in [0.15, 0.2) is 0 Å². The van der Waals surface area contributed by atoms with Gasteiger partial charge in [0.1, 0.15) is 5.88 Å². The minimum Gasteiger partial charge on any atom is -0.469 e. The molecule has 76 valence electrons. The summed E-state index contributed by atoms with van der Waals surface area (Å²) >= 11 is 5.18. The fraction of sp³-hybridized carbons (Fsp3) is 0.714. The van der Waals surface area contributed by atoms with E-state index in [0.29, 0.717) is 0 Å². The van der Waals surface area contributed by atoms with Crippen LogP contribution in [-0.4, -0.2) is 42.6 Å². The highest BCUT2D eigenvalue weighted by Gasteiger charge is 2.11. The standard InChI is InChI=1S/C7H12ClNO4/c1-13-7(12)2-5(10)4-9-6(11)3-8/h5,10H,2-4H2,1H3,(H,9,11). The zero-order valence-corrected chi connectivity index (χ0v) is 8.00. The third kappa shape index (κ3) is 6.36. The van der Waals surface area contributed by atoms with Crippen molar-refractivity contribution in [1.82, 2.24) is 5.32 Å². The lowest BCUT2D eigenvalue weighted by Gasteiger charge is -2.09. The van der Waals surface area contributed by atoms with Crippen molar-refractivity contribution in [3.63, 3.8) is 0 Å². The molecule has 6 heteroatoms. The first kappa shape index (κ1) is 12.2. The van der Waals surface area contributed by atoms with Gasteiger partial charge in [0.2, 0.25) is 5.91 Å². The number of esters is 1. The Balaban J connectivity index is 3.56. The molecule has 5 nitrogen and oxygen atoms in total. The molecule has 0 heterocycles. The predicted octanol–water partition coefficient (Wildman–Crippen LogP) is -0.735. The maximum Gasteiger partial charge on any atom is 0.308 e. The van der Waals surface area contributed by atoms with Crippen LogP contribution in [0.2, 0.25) is 0 Å². The van der Waals surface area contributed by atoms with E-state index in [0.717, 1.165) is 0 Å². The summed E-state index contributed by atoms with van der Waals surface area (Å²) in [5.41, 5.74) is 0. The average Bonchev–Trinajstić information content (AvgIpc) is 2.13. The molecule has 0 aliphatic heterocycles. The van der Waals surface area contributed by atoms with Crippen LogP contribution in [0.3, 0.4) is 0 Å². The summed E-state index contributed by atoms with van der Waals surface area (Å²) in [7, 11) is 1.23. The van der Waals surface area contributed by atoms with Gasteiger partial charge >= 0.3 is 5.97 Å². The lowest BCUT2D eigenvalue weighted by Crippen LogP contribution is -2.34. The second-order valence-corrected chi connectivity index (χ2v) is 2.64. The molecular formula is C7H12ClNO4. The Bertz CT molecular complexity index is 185. The lowest BCUT2D eigenvalue weighted by molar-refractivity contribution is -0.143. The van der Waals surface area contributed by atoms with Gasteiger partial charge in [-0.25, -0.2) is 0 Å². The van der Waals surface area contributed by atoms with Crippen molar-refractivity contribution in [2.75, 3.05) is 19.5 Å². The predicted molar refractivity (Wildman–Crippen MR) is 46.4 cm³/mol. The molecule has 0 radical (unpaired) electrons. The monoisotopic (exact) mass is 209 g/mol. The smallest absolute Gasteiger partial charge is 0.308 e. The van der Waals surface area contributed by atoms with Gasteiger partial charge in [-0.15, -0.1) is 11.6 Å². The first-order valence-corrected chi connectivity index (χ1v) is 4.21. The Morgan fingerprint density at radius 2 is 2.23 bits per heavy atom. The third-order valence-corrected chi connectivity index (χ3v) is 1.53. The molecule has 0 aromatic rings. The Hall–Kier alpha value is -0.810. The molecule has 1 unspecified atom stereocenters. The minimum absolute atomic E-state index is 0.000648. The molecule has 0 saturated carbocycles. The summed E-state index contributed by atoms with van der Waals surface area (Å²) in [6.45, 7) is 0.000648. The van der Waals surface area contributed by atoms with E-state index in [-0.39, 0.29) is 24.8 Å². The van der Waals surface area contributed by atoms with E-state index in [4.69, 9.17) is 16.7 Å². The normalized spacial score (nSPS) is 11.9. The Morgan fingerprint density at radius 3 is 2.69 bits per heavy atom. The molecule has 0 rings (SSSR count). The van der Waals surface area contributed by atoms with Crippen molar-refractivity contribution in [3.8, 4) is 0 Å². The molecule has 0 fully saturated rings. The van der Waals surface area contributed by atoms with Gasteiger partial charge in [0.15, 0.2) is 0 Å². The van der Waals surface area contributed by atoms with Gasteiger partial charge in [-0.2, -0.15) is 0 Å². The Kier molecular flexibility index (Phi) is 6.26. The van der Waals surface area contributed by atoms with Crippen LogP contribution in [0.25, 0.3) is 0 Å². The van der Waals surface area contributed by atoms with Crippen molar-refractivity contribution in [2.24, 2.45) is 0 Å². The van der Waals surface area contributed by atoms with Crippen molar-refractivity contribution in [1.29, 1.82) is 0 Å². The SMILES string of the molecule is COC(=O)CC(O)CNC(=O)CCl. The van der Waals surface area contributed by atoms with Gasteiger partial charge in [0, 0.05) is 6.54 Å². The minimum atomic E-state index is -0.931. The number of alkyl halides is 1. The second-order valence-electron chi connectivity index (χ2n) is 2.37. The molecule has 0 aromatic carbocycles. The largest absolute Gasteiger partial charge is 0.469 e. The van der Waals surface area contributed by atoms with E-state index in [1.807, 2.05) is 0 Å². The number of hydrogen-bond donors (Lipinski definition) is 2. The number of rotatable bonds is 5. The molecule has 0 bridgehead atoms. The maximum absolute atomic E-state index is 10.6. The number of halogens is 1. The molecule has 0 aliphatic rings. The van der Waals surface area contributed by atoms with E-state index in [1.54, 1.807) is 0 Å². The first-order chi connectivity index (χ1) is 6.10. The molecule has 13 heavy (non-hydrogen) atoms. The van der Waals surface area contributed by atoms with Crippen LogP contribution in [0.4, 0.5) is 0 Å². The molecule has 0 spiro atoms. The molecule has 2 N–H and O–H groups in total. The van der Waals surface area contributed by atoms with E-state index in [1.165, 1.54) is 7.11 Å². The summed E-state index contributed by atoms with van der Waals surface area (Å²) in [6.07, 6.45) is -1.07. The number of amides is 1. The third-order valence-electron chi connectivity index (χ3n) is 1.29. The molecule has 0 aromatic heterocycles. The first-order valence-electron chi connectivity index (χ1n) is 3.67. The van der Waals surface area contributed by atoms with Crippen LogP contribution < -0.4 is 5.32 Å². The highest BCUT2D eigenvalue weighted by atomic mass is 35.5. The number of nitrogens with one attached hydrogen (secondary N) is 1. The molecular weight excluding hydrogens is 198 g/mol. The van der Waals surface area contributed by atoms with Crippen LogP contribution in [0.5, 0.6) is 0 Å². The second kappa shape index (κ2) is 6.68. The van der Waals surface area contributed by atoms with Gasteiger partial charge in [-0.1, -0.05) is 0 Å². The number of aliphatic hydroxyl groups is 1. The summed E-state index contributed by atoms with van der Waals surface area (Å²) in [6, 6.07) is 0. The zero-order chi connectivity index (χ0) is 10.3. The topological polar surface area (TPSA) is 75.6 Å². The number of ether oxygens (including phenoxy) is 1. The maximum atomic E-state index is 10.6. The summed E-state index contributed by atoms with van der Waals surface area (Å²) < 4.78 is 4.32. The molecule has 1 atom stereocenters. The van der Waals surface area contributed by atoms with E-state index < -0.39 is 12.1 Å². The average molecular weight is 210 g/mol. The summed E-state index contributed by atoms with van der Waals surface area (Å²) in [5, 5.41) is 11.5. The van der Waals surface area contributed by atoms with E-state index >= 15 is 0 Å². The number of carbonyl (C=O) groups is 2. The highest BCUT2D eigenvalue weighted by Crippen LogP contribution is 1.92. The summed E-state index contributed by atoms with van der Waals surface area (Å²) in [4.78, 5) is 21.2. The van der Waals surface area contributed by atoms with Gasteiger partial charge in [-0.3, -0.25) is 9.59 Å². The van der Waals surface area contributed by atoms with Gasteiger partial charge in [0.25, 0.3) is 0 Å². The van der Waals surface area contributed by atoms with Crippen LogP contribution in [0, 0.1) is 0 Å². The summed E-state index contributed by atoms with van der Waals surface area (Å²) in [5.74, 6) is -1.07. The van der Waals surface area contributed by atoms with Crippen molar-refractivity contribution in [2.45, 2.75) is 12.5 Å². The lowest BCUT2D eigenvalue weighted by atomic mass is 10.2. The fourth-order valence-electron chi connectivity index (χ4n) is 0.627. The number of carbonyl (C=O) groups excluding carboxylic acids is 2. The van der Waals surface area contributed by atoms with Crippen LogP contribution in [0.1, 0.15) is 6.42 Å². The molecule has 0 aliphatic carbocycles. The Labute approximate surface area is 81.0 Å². The van der Waals surface area contributed by atoms with Crippen LogP contribution >= 0.6 is 11.6 Å². The zero-order valence-electron chi connectivity index (χ0n) is 7.25. The van der Waals surface area contributed by atoms with Crippen molar-refractivity contribution >= 4 is 23.5 Å². The number of aliphatic hydroxyl groups excluding tert-OH is 1. The number of hydrogen-bond acceptors (Lipinski definition) is 4. The Morgan fingerprint density at radius 1 is 1.62 bits per heavy atom. The van der Waals surface area contributed by atoms with Gasteiger partial charge in [0.05, 0.1) is 19.6 Å². The number of methoxy groups -OCH3 is 1. The van der Waals surface area contributed by atoms with E-state index in [2.05, 4.69) is 10.1 Å². The quantitative estimate of drug-likeness (QED) is 0.462. The van der Waals surface area contributed by atoms with Crippen molar-refractivity contribution < 1.29 is 19.4 Å². The van der Waals surface area contributed by atoms with Gasteiger partial charge in [-0.05, 0) is 0 Å². The van der Waals surface area contributed by atoms with Crippen molar-refractivity contribution in [3.05, 3.63) is 0 Å². The van der Waals surface area contributed by atoms with Crippen LogP contribution in [-0.2, 0) is 14.3 Å². The van der Waals surface area contributed by atoms with Gasteiger partial charge < -0.3 is 15.2 Å².